The molecule has 2 amide bonds. The number of hydrogen-bond acceptors (Lipinski definition) is 4. The zero-order chi connectivity index (χ0) is 25.1. The molecule has 1 aliphatic rings. The number of hydrogen-bond donors (Lipinski definition) is 2. The van der Waals surface area contributed by atoms with Gasteiger partial charge in [-0.15, -0.1) is 0 Å². The number of benzene rings is 3. The Morgan fingerprint density at radius 3 is 2.50 bits per heavy atom. The second kappa shape index (κ2) is 10.3. The lowest BCUT2D eigenvalue weighted by atomic mass is 9.79. The number of aromatic nitrogens is 1. The molecule has 2 unspecified atom stereocenters. The maximum atomic E-state index is 13.9. The quantitative estimate of drug-likeness (QED) is 0.389. The summed E-state index contributed by atoms with van der Waals surface area (Å²) in [5.41, 5.74) is 4.12. The zero-order valence-electron chi connectivity index (χ0n) is 20.4. The summed E-state index contributed by atoms with van der Waals surface area (Å²) < 4.78 is 10.6. The van der Waals surface area contributed by atoms with Crippen LogP contribution in [0.2, 0.25) is 0 Å². The largest absolute Gasteiger partial charge is 0.497 e. The number of aromatic amines is 1. The molecule has 0 bridgehead atoms. The Hall–Kier alpha value is -4.10. The van der Waals surface area contributed by atoms with Crippen LogP contribution in [-0.2, 0) is 16.1 Å². The molecule has 2 heterocycles. The Bertz CT molecular complexity index is 1380. The molecule has 7 nitrogen and oxygen atoms in total. The highest BCUT2D eigenvalue weighted by molar-refractivity contribution is 6.02. The molecule has 7 heteroatoms. The standard InChI is InChI=1S/C29H29N3O4/c1-35-16-15-32-27(24-18-30-25-10-6-5-7-21(24)25)26(22-8-3-4-9-23(22)29(32)34)28(33)31-17-19-11-13-20(36-2)14-12-19/h3-14,18,26-27,30H,15-17H2,1-2H3,(H,31,33). The summed E-state index contributed by atoms with van der Waals surface area (Å²) in [7, 11) is 3.24. The molecule has 1 aromatic heterocycles. The lowest BCUT2D eigenvalue weighted by Crippen LogP contribution is -2.48. The predicted molar refractivity (Wildman–Crippen MR) is 138 cm³/mol. The smallest absolute Gasteiger partial charge is 0.254 e. The van der Waals surface area contributed by atoms with E-state index in [1.54, 1.807) is 25.2 Å². The van der Waals surface area contributed by atoms with Crippen molar-refractivity contribution >= 4 is 22.7 Å². The van der Waals surface area contributed by atoms with Crippen molar-refractivity contribution in [3.05, 3.63) is 101 Å². The number of rotatable bonds is 8. The molecule has 0 spiro atoms. The average molecular weight is 484 g/mol. The Labute approximate surface area is 210 Å². The van der Waals surface area contributed by atoms with Crippen LogP contribution in [0.15, 0.2) is 79.0 Å². The van der Waals surface area contributed by atoms with Crippen LogP contribution in [0.25, 0.3) is 10.9 Å². The van der Waals surface area contributed by atoms with Crippen molar-refractivity contribution in [1.29, 1.82) is 0 Å². The van der Waals surface area contributed by atoms with E-state index in [1.165, 1.54) is 0 Å². The fourth-order valence-electron chi connectivity index (χ4n) is 5.04. The number of carbonyl (C=O) groups is 2. The van der Waals surface area contributed by atoms with Gasteiger partial charge in [0, 0.05) is 48.4 Å². The molecule has 36 heavy (non-hydrogen) atoms. The van der Waals surface area contributed by atoms with E-state index in [1.807, 2.05) is 72.9 Å². The first-order valence-corrected chi connectivity index (χ1v) is 12.0. The first-order valence-electron chi connectivity index (χ1n) is 12.0. The summed E-state index contributed by atoms with van der Waals surface area (Å²) in [6.07, 6.45) is 1.92. The first kappa shape index (κ1) is 23.6. The van der Waals surface area contributed by atoms with Crippen molar-refractivity contribution in [3.8, 4) is 5.75 Å². The SMILES string of the molecule is COCCN1C(=O)c2ccccc2C(C(=O)NCc2ccc(OC)cc2)C1c1c[nH]c2ccccc12. The van der Waals surface area contributed by atoms with Gasteiger partial charge < -0.3 is 24.7 Å². The van der Waals surface area contributed by atoms with Gasteiger partial charge >= 0.3 is 0 Å². The average Bonchev–Trinajstić information content (AvgIpc) is 3.35. The third kappa shape index (κ3) is 4.33. The maximum Gasteiger partial charge on any atom is 0.254 e. The Morgan fingerprint density at radius 1 is 0.972 bits per heavy atom. The van der Waals surface area contributed by atoms with Crippen molar-refractivity contribution in [2.75, 3.05) is 27.4 Å². The summed E-state index contributed by atoms with van der Waals surface area (Å²) in [5, 5.41) is 4.11. The molecule has 5 rings (SSSR count). The molecule has 0 radical (unpaired) electrons. The Morgan fingerprint density at radius 2 is 1.72 bits per heavy atom. The van der Waals surface area contributed by atoms with Crippen LogP contribution in [0.5, 0.6) is 5.75 Å². The van der Waals surface area contributed by atoms with E-state index in [-0.39, 0.29) is 11.8 Å². The number of amides is 2. The number of nitrogens with one attached hydrogen (secondary N) is 2. The van der Waals surface area contributed by atoms with Crippen molar-refractivity contribution in [3.63, 3.8) is 0 Å². The summed E-state index contributed by atoms with van der Waals surface area (Å²) >= 11 is 0. The second-order valence-electron chi connectivity index (χ2n) is 8.86. The van der Waals surface area contributed by atoms with Gasteiger partial charge in [0.25, 0.3) is 5.91 Å². The highest BCUT2D eigenvalue weighted by Gasteiger charge is 2.44. The lowest BCUT2D eigenvalue weighted by Gasteiger charge is -2.41. The van der Waals surface area contributed by atoms with Gasteiger partial charge in [-0.3, -0.25) is 9.59 Å². The van der Waals surface area contributed by atoms with E-state index < -0.39 is 12.0 Å². The number of ether oxygens (including phenoxy) is 2. The zero-order valence-corrected chi connectivity index (χ0v) is 20.4. The van der Waals surface area contributed by atoms with Crippen molar-refractivity contribution in [2.45, 2.75) is 18.5 Å². The van der Waals surface area contributed by atoms with Crippen LogP contribution >= 0.6 is 0 Å². The number of para-hydroxylation sites is 1. The van der Waals surface area contributed by atoms with Crippen LogP contribution in [0, 0.1) is 0 Å². The number of methoxy groups -OCH3 is 2. The highest BCUT2D eigenvalue weighted by Crippen LogP contribution is 2.44. The summed E-state index contributed by atoms with van der Waals surface area (Å²) in [6.45, 7) is 1.11. The minimum atomic E-state index is -0.590. The summed E-state index contributed by atoms with van der Waals surface area (Å²) in [5.74, 6) is -0.0632. The molecule has 184 valence electrons. The van der Waals surface area contributed by atoms with Gasteiger partial charge in [-0.1, -0.05) is 48.5 Å². The van der Waals surface area contributed by atoms with Gasteiger partial charge in [0.05, 0.1) is 25.7 Å². The van der Waals surface area contributed by atoms with Crippen molar-refractivity contribution in [2.24, 2.45) is 0 Å². The number of carbonyl (C=O) groups excluding carboxylic acids is 2. The van der Waals surface area contributed by atoms with Gasteiger partial charge in [-0.25, -0.2) is 0 Å². The third-order valence-electron chi connectivity index (χ3n) is 6.82. The van der Waals surface area contributed by atoms with Gasteiger partial charge in [-0.05, 0) is 35.4 Å². The van der Waals surface area contributed by atoms with Crippen LogP contribution in [0.4, 0.5) is 0 Å². The minimum absolute atomic E-state index is 0.0999. The monoisotopic (exact) mass is 483 g/mol. The van der Waals surface area contributed by atoms with E-state index >= 15 is 0 Å². The molecule has 0 saturated carbocycles. The molecular weight excluding hydrogens is 454 g/mol. The molecule has 2 atom stereocenters. The predicted octanol–water partition coefficient (Wildman–Crippen LogP) is 4.42. The number of nitrogens with zero attached hydrogens (tertiary/aromatic N) is 1. The molecule has 4 aromatic rings. The third-order valence-corrected chi connectivity index (χ3v) is 6.82. The molecule has 0 fully saturated rings. The van der Waals surface area contributed by atoms with Gasteiger partial charge in [0.2, 0.25) is 5.91 Å². The first-order chi connectivity index (χ1) is 17.6. The highest BCUT2D eigenvalue weighted by atomic mass is 16.5. The van der Waals surface area contributed by atoms with E-state index in [4.69, 9.17) is 9.47 Å². The van der Waals surface area contributed by atoms with Gasteiger partial charge in [0.15, 0.2) is 0 Å². The molecule has 0 saturated heterocycles. The van der Waals surface area contributed by atoms with Crippen LogP contribution < -0.4 is 10.1 Å². The molecule has 2 N–H and O–H groups in total. The van der Waals surface area contributed by atoms with Crippen LogP contribution in [0.1, 0.15) is 39.0 Å². The van der Waals surface area contributed by atoms with Crippen molar-refractivity contribution < 1.29 is 19.1 Å². The fraction of sp³-hybridized carbons (Fsp3) is 0.241. The Balaban J connectivity index is 1.57. The fourth-order valence-corrected chi connectivity index (χ4v) is 5.04. The number of fused-ring (bicyclic) bond motifs is 2. The van der Waals surface area contributed by atoms with Crippen LogP contribution in [0.3, 0.4) is 0 Å². The molecule has 0 aliphatic carbocycles. The normalized spacial score (nSPS) is 17.2. The summed E-state index contributed by atoms with van der Waals surface area (Å²) in [4.78, 5) is 32.7. The molecule has 1 aliphatic heterocycles. The topological polar surface area (TPSA) is 83.7 Å². The van der Waals surface area contributed by atoms with E-state index in [0.29, 0.717) is 25.3 Å². The van der Waals surface area contributed by atoms with E-state index in [0.717, 1.165) is 33.3 Å². The molecule has 3 aromatic carbocycles. The number of H-pyrrole nitrogens is 1. The molecular formula is C29H29N3O4. The minimum Gasteiger partial charge on any atom is -0.497 e. The Kier molecular flexibility index (Phi) is 6.73. The maximum absolute atomic E-state index is 13.9. The van der Waals surface area contributed by atoms with E-state index in [9.17, 15) is 9.59 Å². The lowest BCUT2D eigenvalue weighted by molar-refractivity contribution is -0.124. The van der Waals surface area contributed by atoms with Gasteiger partial charge in [0.1, 0.15) is 5.75 Å². The van der Waals surface area contributed by atoms with Crippen molar-refractivity contribution in [1.82, 2.24) is 15.2 Å². The second-order valence-corrected chi connectivity index (χ2v) is 8.86. The van der Waals surface area contributed by atoms with Gasteiger partial charge in [-0.2, -0.15) is 0 Å². The van der Waals surface area contributed by atoms with Crippen LogP contribution in [-0.4, -0.2) is 49.1 Å². The van der Waals surface area contributed by atoms with E-state index in [2.05, 4.69) is 10.3 Å². The summed E-state index contributed by atoms with van der Waals surface area (Å²) in [6, 6.07) is 22.5.